The summed E-state index contributed by atoms with van der Waals surface area (Å²) >= 11 is 1.44. The van der Waals surface area contributed by atoms with Gasteiger partial charge in [0.05, 0.1) is 23.9 Å². The van der Waals surface area contributed by atoms with Crippen molar-refractivity contribution < 1.29 is 9.53 Å². The van der Waals surface area contributed by atoms with E-state index in [1.807, 2.05) is 54.6 Å². The van der Waals surface area contributed by atoms with Crippen LogP contribution in [0.1, 0.15) is 16.1 Å². The van der Waals surface area contributed by atoms with Gasteiger partial charge in [-0.1, -0.05) is 60.3 Å². The number of pyridine rings is 1. The van der Waals surface area contributed by atoms with E-state index in [9.17, 15) is 4.79 Å². The Morgan fingerprint density at radius 3 is 2.43 bits per heavy atom. The third-order valence-corrected chi connectivity index (χ3v) is 5.19. The minimum atomic E-state index is -0.401. The third kappa shape index (κ3) is 3.59. The van der Waals surface area contributed by atoms with Crippen LogP contribution in [0.15, 0.2) is 78.2 Å². The molecule has 0 aliphatic heterocycles. The van der Waals surface area contributed by atoms with Crippen LogP contribution in [0, 0.1) is 0 Å². The summed E-state index contributed by atoms with van der Waals surface area (Å²) in [5.41, 5.74) is 3.75. The van der Waals surface area contributed by atoms with Gasteiger partial charge in [-0.15, -0.1) is 0 Å². The molecule has 6 heteroatoms. The fourth-order valence-corrected chi connectivity index (χ4v) is 3.83. The van der Waals surface area contributed by atoms with Crippen molar-refractivity contribution in [2.45, 2.75) is 10.9 Å². The van der Waals surface area contributed by atoms with Gasteiger partial charge in [0, 0.05) is 29.1 Å². The van der Waals surface area contributed by atoms with Crippen LogP contribution in [0.2, 0.25) is 0 Å². The first-order valence-corrected chi connectivity index (χ1v) is 9.71. The zero-order valence-electron chi connectivity index (χ0n) is 15.2. The van der Waals surface area contributed by atoms with Crippen LogP contribution in [0.25, 0.3) is 22.0 Å². The maximum absolute atomic E-state index is 12.8. The molecule has 0 radical (unpaired) electrons. The first kappa shape index (κ1) is 18.1. The SMILES string of the molecule is COC(=O)c1c(CSc2ncccn2)nc2ccccc2c1-c1ccccc1. The number of hydrogen-bond acceptors (Lipinski definition) is 6. The predicted molar refractivity (Wildman–Crippen MR) is 110 cm³/mol. The van der Waals surface area contributed by atoms with Gasteiger partial charge in [-0.2, -0.15) is 0 Å². The molecule has 0 aliphatic rings. The van der Waals surface area contributed by atoms with Gasteiger partial charge in [0.25, 0.3) is 0 Å². The van der Waals surface area contributed by atoms with Gasteiger partial charge in [-0.25, -0.2) is 14.8 Å². The Morgan fingerprint density at radius 1 is 0.964 bits per heavy atom. The van der Waals surface area contributed by atoms with Gasteiger partial charge in [0.2, 0.25) is 0 Å². The Bertz CT molecular complexity index is 1120. The Balaban J connectivity index is 1.92. The van der Waals surface area contributed by atoms with Crippen LogP contribution in [0.4, 0.5) is 0 Å². The van der Waals surface area contributed by atoms with Gasteiger partial charge in [0.15, 0.2) is 5.16 Å². The van der Waals surface area contributed by atoms with Crippen LogP contribution in [-0.2, 0) is 10.5 Å². The summed E-state index contributed by atoms with van der Waals surface area (Å²) in [7, 11) is 1.39. The number of rotatable bonds is 5. The summed E-state index contributed by atoms with van der Waals surface area (Å²) in [5, 5.41) is 1.55. The van der Waals surface area contributed by atoms with Crippen LogP contribution in [0.5, 0.6) is 0 Å². The van der Waals surface area contributed by atoms with Crippen molar-refractivity contribution in [2.24, 2.45) is 0 Å². The lowest BCUT2D eigenvalue weighted by molar-refractivity contribution is 0.0600. The van der Waals surface area contributed by atoms with E-state index in [1.165, 1.54) is 18.9 Å². The van der Waals surface area contributed by atoms with Crippen molar-refractivity contribution in [2.75, 3.05) is 7.11 Å². The fourth-order valence-electron chi connectivity index (χ4n) is 3.09. The highest BCUT2D eigenvalue weighted by molar-refractivity contribution is 7.98. The second-order valence-corrected chi connectivity index (χ2v) is 6.95. The number of fused-ring (bicyclic) bond motifs is 1. The van der Waals surface area contributed by atoms with E-state index in [0.717, 1.165) is 22.0 Å². The van der Waals surface area contributed by atoms with Crippen LogP contribution in [-0.4, -0.2) is 28.0 Å². The number of thioether (sulfide) groups is 1. The lowest BCUT2D eigenvalue weighted by atomic mass is 9.94. The maximum atomic E-state index is 12.8. The molecule has 2 aromatic carbocycles. The molecule has 0 saturated carbocycles. The van der Waals surface area contributed by atoms with Gasteiger partial charge in [-0.3, -0.25) is 4.98 Å². The van der Waals surface area contributed by atoms with Crippen molar-refractivity contribution in [3.05, 3.63) is 84.3 Å². The molecule has 138 valence electrons. The van der Waals surface area contributed by atoms with Gasteiger partial charge < -0.3 is 4.74 Å². The first-order valence-electron chi connectivity index (χ1n) is 8.73. The topological polar surface area (TPSA) is 65.0 Å². The number of para-hydroxylation sites is 1. The monoisotopic (exact) mass is 387 g/mol. The highest BCUT2D eigenvalue weighted by Gasteiger charge is 2.23. The number of carbonyl (C=O) groups is 1. The molecule has 28 heavy (non-hydrogen) atoms. The second-order valence-electron chi connectivity index (χ2n) is 6.00. The molecule has 0 unspecified atom stereocenters. The molecule has 0 atom stereocenters. The number of carbonyl (C=O) groups excluding carboxylic acids is 1. The maximum Gasteiger partial charge on any atom is 0.340 e. The van der Waals surface area contributed by atoms with E-state index in [-0.39, 0.29) is 0 Å². The van der Waals surface area contributed by atoms with E-state index >= 15 is 0 Å². The molecule has 2 heterocycles. The molecule has 2 aromatic heterocycles. The normalized spacial score (nSPS) is 10.8. The number of ether oxygens (including phenoxy) is 1. The lowest BCUT2D eigenvalue weighted by Crippen LogP contribution is -2.10. The summed E-state index contributed by atoms with van der Waals surface area (Å²) in [6, 6.07) is 19.4. The summed E-state index contributed by atoms with van der Waals surface area (Å²) in [6.45, 7) is 0. The standard InChI is InChI=1S/C22H17N3O2S/c1-27-21(26)20-18(14-28-22-23-12-7-13-24-22)25-17-11-6-5-10-16(17)19(20)15-8-3-2-4-9-15/h2-13H,14H2,1H3. The van der Waals surface area contributed by atoms with Crippen molar-refractivity contribution >= 4 is 28.6 Å². The lowest BCUT2D eigenvalue weighted by Gasteiger charge is -2.16. The summed E-state index contributed by atoms with van der Waals surface area (Å²) in [4.78, 5) is 26.0. The zero-order valence-corrected chi connectivity index (χ0v) is 16.0. The average molecular weight is 387 g/mol. The number of esters is 1. The van der Waals surface area contributed by atoms with Crippen molar-refractivity contribution in [3.63, 3.8) is 0 Å². The van der Waals surface area contributed by atoms with Crippen molar-refractivity contribution in [1.82, 2.24) is 15.0 Å². The highest BCUT2D eigenvalue weighted by atomic mass is 32.2. The number of nitrogens with zero attached hydrogens (tertiary/aromatic N) is 3. The Kier molecular flexibility index (Phi) is 5.30. The second kappa shape index (κ2) is 8.19. The highest BCUT2D eigenvalue weighted by Crippen LogP contribution is 2.35. The summed E-state index contributed by atoms with van der Waals surface area (Å²) in [6.07, 6.45) is 3.39. The molecule has 4 aromatic rings. The van der Waals surface area contributed by atoms with Gasteiger partial charge >= 0.3 is 5.97 Å². The smallest absolute Gasteiger partial charge is 0.340 e. The van der Waals surface area contributed by atoms with E-state index in [4.69, 9.17) is 9.72 Å². The minimum Gasteiger partial charge on any atom is -0.465 e. The van der Waals surface area contributed by atoms with E-state index < -0.39 is 5.97 Å². The quantitative estimate of drug-likeness (QED) is 0.279. The third-order valence-electron chi connectivity index (χ3n) is 4.30. The summed E-state index contributed by atoms with van der Waals surface area (Å²) < 4.78 is 5.12. The predicted octanol–water partition coefficient (Wildman–Crippen LogP) is 4.77. The summed E-state index contributed by atoms with van der Waals surface area (Å²) in [5.74, 6) is 0.0562. The molecule has 0 bridgehead atoms. The van der Waals surface area contributed by atoms with Crippen molar-refractivity contribution in [1.29, 1.82) is 0 Å². The molecular formula is C22H17N3O2S. The molecule has 0 amide bonds. The van der Waals surface area contributed by atoms with E-state index in [1.54, 1.807) is 18.5 Å². The molecule has 4 rings (SSSR count). The molecule has 0 fully saturated rings. The van der Waals surface area contributed by atoms with Crippen LogP contribution in [0.3, 0.4) is 0 Å². The van der Waals surface area contributed by atoms with E-state index in [0.29, 0.717) is 22.2 Å². The van der Waals surface area contributed by atoms with Gasteiger partial charge in [0.1, 0.15) is 0 Å². The zero-order chi connectivity index (χ0) is 19.3. The number of benzene rings is 2. The Morgan fingerprint density at radius 2 is 1.68 bits per heavy atom. The van der Waals surface area contributed by atoms with Gasteiger partial charge in [-0.05, 0) is 17.7 Å². The molecule has 0 saturated heterocycles. The fraction of sp³-hybridized carbons (Fsp3) is 0.0909. The van der Waals surface area contributed by atoms with Crippen LogP contribution >= 0.6 is 11.8 Å². The molecule has 0 spiro atoms. The number of aromatic nitrogens is 3. The Hall–Kier alpha value is -3.25. The molecule has 0 aliphatic carbocycles. The van der Waals surface area contributed by atoms with Crippen molar-refractivity contribution in [3.8, 4) is 11.1 Å². The average Bonchev–Trinajstić information content (AvgIpc) is 2.77. The Labute approximate surface area is 166 Å². The molecule has 5 nitrogen and oxygen atoms in total. The van der Waals surface area contributed by atoms with E-state index in [2.05, 4.69) is 9.97 Å². The number of methoxy groups -OCH3 is 1. The molecular weight excluding hydrogens is 370 g/mol. The molecule has 0 N–H and O–H groups in total. The largest absolute Gasteiger partial charge is 0.465 e. The number of hydrogen-bond donors (Lipinski definition) is 0. The minimum absolute atomic E-state index is 0.401. The van der Waals surface area contributed by atoms with Crippen LogP contribution < -0.4 is 0 Å². The first-order chi connectivity index (χ1) is 13.8.